The van der Waals surface area contributed by atoms with E-state index in [-0.39, 0.29) is 0 Å². The third kappa shape index (κ3) is 6.12. The lowest BCUT2D eigenvalue weighted by Gasteiger charge is -2.24. The molecule has 138 valence electrons. The number of carboxylic acid groups (broad SMARTS) is 1. The minimum Gasteiger partial charge on any atom is -0.482 e. The molecule has 0 aromatic heterocycles. The van der Waals surface area contributed by atoms with Crippen LogP contribution >= 0.6 is 0 Å². The SMILES string of the molecule is CC(C)(C)OC(=O)NC(c1ccccc1)c1cccc(OCC(=O)O)c1. The highest BCUT2D eigenvalue weighted by atomic mass is 16.6. The van der Waals surface area contributed by atoms with E-state index in [0.717, 1.165) is 11.1 Å². The van der Waals surface area contributed by atoms with E-state index in [1.54, 1.807) is 39.0 Å². The first-order valence-corrected chi connectivity index (χ1v) is 8.23. The average molecular weight is 357 g/mol. The summed E-state index contributed by atoms with van der Waals surface area (Å²) in [7, 11) is 0. The zero-order valence-corrected chi connectivity index (χ0v) is 15.1. The van der Waals surface area contributed by atoms with Crippen LogP contribution < -0.4 is 10.1 Å². The van der Waals surface area contributed by atoms with Crippen LogP contribution in [0.25, 0.3) is 0 Å². The number of hydrogen-bond donors (Lipinski definition) is 2. The van der Waals surface area contributed by atoms with Crippen LogP contribution in [-0.2, 0) is 9.53 Å². The number of amides is 1. The zero-order chi connectivity index (χ0) is 19.2. The van der Waals surface area contributed by atoms with Gasteiger partial charge in [-0.05, 0) is 44.0 Å². The smallest absolute Gasteiger partial charge is 0.408 e. The fourth-order valence-electron chi connectivity index (χ4n) is 2.36. The monoisotopic (exact) mass is 357 g/mol. The lowest BCUT2D eigenvalue weighted by molar-refractivity contribution is -0.139. The van der Waals surface area contributed by atoms with Crippen LogP contribution in [0.3, 0.4) is 0 Å². The Morgan fingerprint density at radius 1 is 1.04 bits per heavy atom. The second kappa shape index (κ2) is 8.38. The van der Waals surface area contributed by atoms with E-state index in [4.69, 9.17) is 14.6 Å². The molecule has 1 unspecified atom stereocenters. The lowest BCUT2D eigenvalue weighted by Crippen LogP contribution is -2.35. The van der Waals surface area contributed by atoms with E-state index < -0.39 is 30.3 Å². The van der Waals surface area contributed by atoms with Gasteiger partial charge in [0.1, 0.15) is 11.4 Å². The van der Waals surface area contributed by atoms with Gasteiger partial charge in [0, 0.05) is 0 Å². The lowest BCUT2D eigenvalue weighted by atomic mass is 9.98. The summed E-state index contributed by atoms with van der Waals surface area (Å²) in [6, 6.07) is 15.9. The van der Waals surface area contributed by atoms with Crippen LogP contribution in [0.2, 0.25) is 0 Å². The first-order chi connectivity index (χ1) is 12.2. The van der Waals surface area contributed by atoms with Crippen molar-refractivity contribution in [3.63, 3.8) is 0 Å². The van der Waals surface area contributed by atoms with Crippen LogP contribution in [-0.4, -0.2) is 29.4 Å². The highest BCUT2D eigenvalue weighted by Gasteiger charge is 2.22. The molecule has 1 atom stereocenters. The molecular formula is C20H23NO5. The number of carbonyl (C=O) groups is 2. The Balaban J connectivity index is 2.28. The van der Waals surface area contributed by atoms with Gasteiger partial charge in [-0.1, -0.05) is 42.5 Å². The molecule has 2 aromatic rings. The van der Waals surface area contributed by atoms with E-state index in [0.29, 0.717) is 5.75 Å². The average Bonchev–Trinajstić information content (AvgIpc) is 2.57. The number of ether oxygens (including phenoxy) is 2. The van der Waals surface area contributed by atoms with Crippen LogP contribution in [0.5, 0.6) is 5.75 Å². The van der Waals surface area contributed by atoms with Crippen molar-refractivity contribution < 1.29 is 24.2 Å². The Bertz CT molecular complexity index is 752. The highest BCUT2D eigenvalue weighted by Crippen LogP contribution is 2.26. The first kappa shape index (κ1) is 19.3. The topological polar surface area (TPSA) is 84.9 Å². The number of rotatable bonds is 6. The second-order valence-electron chi connectivity index (χ2n) is 6.74. The molecule has 0 heterocycles. The molecule has 0 fully saturated rings. The van der Waals surface area contributed by atoms with Crippen molar-refractivity contribution in [1.29, 1.82) is 0 Å². The summed E-state index contributed by atoms with van der Waals surface area (Å²) in [4.78, 5) is 23.0. The standard InChI is InChI=1S/C20H23NO5/c1-20(2,3)26-19(24)21-18(14-8-5-4-6-9-14)15-10-7-11-16(12-15)25-13-17(22)23/h4-12,18H,13H2,1-3H3,(H,21,24)(H,22,23). The largest absolute Gasteiger partial charge is 0.482 e. The maximum absolute atomic E-state index is 12.3. The minimum atomic E-state index is -1.05. The highest BCUT2D eigenvalue weighted by molar-refractivity contribution is 5.69. The van der Waals surface area contributed by atoms with Gasteiger partial charge in [0.2, 0.25) is 0 Å². The Hall–Kier alpha value is -3.02. The fraction of sp³-hybridized carbons (Fsp3) is 0.300. The molecule has 2 rings (SSSR count). The van der Waals surface area contributed by atoms with Gasteiger partial charge >= 0.3 is 12.1 Å². The minimum absolute atomic E-state index is 0.414. The summed E-state index contributed by atoms with van der Waals surface area (Å²) in [6.07, 6.45) is -0.539. The van der Waals surface area contributed by atoms with Gasteiger partial charge in [-0.25, -0.2) is 9.59 Å². The summed E-state index contributed by atoms with van der Waals surface area (Å²) in [5.74, 6) is -0.640. The third-order valence-corrected chi connectivity index (χ3v) is 3.35. The Morgan fingerprint density at radius 2 is 1.69 bits per heavy atom. The number of alkyl carbamates (subject to hydrolysis) is 1. The fourth-order valence-corrected chi connectivity index (χ4v) is 2.36. The molecule has 2 N–H and O–H groups in total. The molecule has 0 radical (unpaired) electrons. The molecule has 0 spiro atoms. The normalized spacial score (nSPS) is 12.1. The summed E-state index contributed by atoms with van der Waals surface area (Å²) in [5.41, 5.74) is 1.01. The maximum Gasteiger partial charge on any atom is 0.408 e. The number of hydrogen-bond acceptors (Lipinski definition) is 4. The number of nitrogens with one attached hydrogen (secondary N) is 1. The molecule has 0 saturated heterocycles. The van der Waals surface area contributed by atoms with E-state index in [1.165, 1.54) is 0 Å². The summed E-state index contributed by atoms with van der Waals surface area (Å²) in [5, 5.41) is 11.6. The van der Waals surface area contributed by atoms with Crippen LogP contribution in [0.15, 0.2) is 54.6 Å². The number of benzene rings is 2. The summed E-state index contributed by atoms with van der Waals surface area (Å²) >= 11 is 0. The number of carbonyl (C=O) groups excluding carboxylic acids is 1. The van der Waals surface area contributed by atoms with Crippen molar-refractivity contribution in [2.24, 2.45) is 0 Å². The van der Waals surface area contributed by atoms with Gasteiger partial charge in [-0.2, -0.15) is 0 Å². The molecule has 0 aliphatic carbocycles. The molecule has 0 saturated carbocycles. The maximum atomic E-state index is 12.3. The van der Waals surface area contributed by atoms with Crippen molar-refractivity contribution in [2.45, 2.75) is 32.4 Å². The van der Waals surface area contributed by atoms with Gasteiger partial charge in [-0.15, -0.1) is 0 Å². The van der Waals surface area contributed by atoms with Crippen molar-refractivity contribution in [3.05, 3.63) is 65.7 Å². The van der Waals surface area contributed by atoms with Crippen LogP contribution in [0.4, 0.5) is 4.79 Å². The molecule has 0 aliphatic heterocycles. The molecule has 6 heteroatoms. The van der Waals surface area contributed by atoms with Crippen LogP contribution in [0.1, 0.15) is 37.9 Å². The van der Waals surface area contributed by atoms with E-state index in [9.17, 15) is 9.59 Å². The molecule has 1 amide bonds. The van der Waals surface area contributed by atoms with Gasteiger partial charge in [0.05, 0.1) is 6.04 Å². The van der Waals surface area contributed by atoms with Gasteiger partial charge < -0.3 is 19.9 Å². The Kier molecular flexibility index (Phi) is 6.22. The van der Waals surface area contributed by atoms with Crippen molar-refractivity contribution in [3.8, 4) is 5.75 Å². The number of aliphatic carboxylic acids is 1. The van der Waals surface area contributed by atoms with E-state index in [2.05, 4.69) is 5.32 Å². The molecular weight excluding hydrogens is 334 g/mol. The molecule has 6 nitrogen and oxygen atoms in total. The van der Waals surface area contributed by atoms with E-state index in [1.807, 2.05) is 36.4 Å². The second-order valence-corrected chi connectivity index (χ2v) is 6.74. The Labute approximate surface area is 152 Å². The Morgan fingerprint density at radius 3 is 2.31 bits per heavy atom. The molecule has 2 aromatic carbocycles. The van der Waals surface area contributed by atoms with E-state index >= 15 is 0 Å². The molecule has 0 bridgehead atoms. The molecule has 26 heavy (non-hydrogen) atoms. The first-order valence-electron chi connectivity index (χ1n) is 8.23. The summed E-state index contributed by atoms with van der Waals surface area (Å²) < 4.78 is 10.6. The predicted molar refractivity (Wildman–Crippen MR) is 97.2 cm³/mol. The molecule has 0 aliphatic rings. The van der Waals surface area contributed by atoms with Crippen LogP contribution in [0, 0.1) is 0 Å². The van der Waals surface area contributed by atoms with Crippen molar-refractivity contribution in [1.82, 2.24) is 5.32 Å². The van der Waals surface area contributed by atoms with Crippen molar-refractivity contribution >= 4 is 12.1 Å². The van der Waals surface area contributed by atoms with Gasteiger partial charge in [-0.3, -0.25) is 0 Å². The van der Waals surface area contributed by atoms with Gasteiger partial charge in [0.15, 0.2) is 6.61 Å². The number of carboxylic acids is 1. The van der Waals surface area contributed by atoms with Crippen molar-refractivity contribution in [2.75, 3.05) is 6.61 Å². The third-order valence-electron chi connectivity index (χ3n) is 3.35. The predicted octanol–water partition coefficient (Wildman–Crippen LogP) is 3.76. The zero-order valence-electron chi connectivity index (χ0n) is 15.1. The quantitative estimate of drug-likeness (QED) is 0.822. The summed E-state index contributed by atoms with van der Waals surface area (Å²) in [6.45, 7) is 4.96. The van der Waals surface area contributed by atoms with Gasteiger partial charge in [0.25, 0.3) is 0 Å².